The van der Waals surface area contributed by atoms with E-state index in [-0.39, 0.29) is 12.5 Å². The number of nitrogens with zero attached hydrogens (tertiary/aromatic N) is 2. The minimum Gasteiger partial charge on any atom is -0.460 e. The lowest BCUT2D eigenvalue weighted by Crippen LogP contribution is -2.29. The van der Waals surface area contributed by atoms with Gasteiger partial charge in [0.25, 0.3) is 0 Å². The smallest absolute Gasteiger partial charge is 0.239 e. The molecule has 0 unspecified atom stereocenters. The summed E-state index contributed by atoms with van der Waals surface area (Å²) in [7, 11) is 1.86. The quantitative estimate of drug-likeness (QED) is 0.671. The lowest BCUT2D eigenvalue weighted by Gasteiger charge is -2.14. The van der Waals surface area contributed by atoms with Crippen molar-refractivity contribution >= 4 is 27.7 Å². The van der Waals surface area contributed by atoms with Gasteiger partial charge in [-0.1, -0.05) is 33.2 Å². The predicted molar refractivity (Wildman–Crippen MR) is 98.0 cm³/mol. The van der Waals surface area contributed by atoms with Crippen molar-refractivity contribution in [3.8, 4) is 11.3 Å². The second kappa shape index (κ2) is 7.67. The Morgan fingerprint density at radius 2 is 2.00 bits per heavy atom. The maximum atomic E-state index is 12.0. The molecule has 6 nitrogen and oxygen atoms in total. The Labute approximate surface area is 153 Å². The van der Waals surface area contributed by atoms with Crippen LogP contribution >= 0.6 is 15.9 Å². The van der Waals surface area contributed by atoms with Crippen LogP contribution in [0.2, 0.25) is 0 Å². The molecule has 0 aliphatic heterocycles. The molecule has 0 atom stereocenters. The van der Waals surface area contributed by atoms with Crippen LogP contribution in [0.15, 0.2) is 55.9 Å². The SMILES string of the molecule is Cc1cc(NC(=O)CN(C)Cc2ccc(-c3ccc(Br)cc3)o2)no1. The Morgan fingerprint density at radius 1 is 1.24 bits per heavy atom. The zero-order chi connectivity index (χ0) is 17.8. The predicted octanol–water partition coefficient (Wildman–Crippen LogP) is 4.08. The van der Waals surface area contributed by atoms with Gasteiger partial charge in [0.2, 0.25) is 5.91 Å². The summed E-state index contributed by atoms with van der Waals surface area (Å²) < 4.78 is 11.8. The van der Waals surface area contributed by atoms with E-state index in [2.05, 4.69) is 26.4 Å². The fraction of sp³-hybridized carbons (Fsp3) is 0.222. The minimum absolute atomic E-state index is 0.157. The van der Waals surface area contributed by atoms with Crippen molar-refractivity contribution in [1.82, 2.24) is 10.1 Å². The van der Waals surface area contributed by atoms with E-state index in [9.17, 15) is 4.79 Å². The molecule has 0 aliphatic carbocycles. The van der Waals surface area contributed by atoms with E-state index >= 15 is 0 Å². The van der Waals surface area contributed by atoms with Gasteiger partial charge in [-0.2, -0.15) is 0 Å². The van der Waals surface area contributed by atoms with Crippen molar-refractivity contribution in [1.29, 1.82) is 0 Å². The lowest BCUT2D eigenvalue weighted by molar-refractivity contribution is -0.117. The van der Waals surface area contributed by atoms with E-state index < -0.39 is 0 Å². The summed E-state index contributed by atoms with van der Waals surface area (Å²) in [5.74, 6) is 2.52. The first-order valence-electron chi connectivity index (χ1n) is 7.76. The van der Waals surface area contributed by atoms with Crippen molar-refractivity contribution in [3.05, 3.63) is 58.5 Å². The molecule has 25 heavy (non-hydrogen) atoms. The molecule has 130 valence electrons. The Kier molecular flexibility index (Phi) is 5.35. The van der Waals surface area contributed by atoms with Crippen molar-refractivity contribution < 1.29 is 13.7 Å². The first kappa shape index (κ1) is 17.4. The van der Waals surface area contributed by atoms with Crippen LogP contribution in [0.25, 0.3) is 11.3 Å². The standard InChI is InChI=1S/C18H18BrN3O3/c1-12-9-17(21-25-12)20-18(23)11-22(2)10-15-7-8-16(24-15)13-3-5-14(19)6-4-13/h3-9H,10-11H2,1-2H3,(H,20,21,23). The molecule has 0 aliphatic rings. The maximum Gasteiger partial charge on any atom is 0.239 e. The van der Waals surface area contributed by atoms with E-state index in [1.165, 1.54) is 0 Å². The van der Waals surface area contributed by atoms with Crippen molar-refractivity contribution in [2.24, 2.45) is 0 Å². The molecule has 0 saturated carbocycles. The zero-order valence-electron chi connectivity index (χ0n) is 14.0. The molecule has 2 aromatic heterocycles. The van der Waals surface area contributed by atoms with Crippen molar-refractivity contribution in [2.45, 2.75) is 13.5 Å². The maximum absolute atomic E-state index is 12.0. The third-order valence-electron chi connectivity index (χ3n) is 3.53. The van der Waals surface area contributed by atoms with E-state index in [0.29, 0.717) is 18.1 Å². The molecule has 0 bridgehead atoms. The van der Waals surface area contributed by atoms with Gasteiger partial charge >= 0.3 is 0 Å². The van der Waals surface area contributed by atoms with Gasteiger partial charge in [-0.05, 0) is 38.2 Å². The van der Waals surface area contributed by atoms with Crippen LogP contribution in [0.3, 0.4) is 0 Å². The Morgan fingerprint density at radius 3 is 2.68 bits per heavy atom. The fourth-order valence-electron chi connectivity index (χ4n) is 2.41. The highest BCUT2D eigenvalue weighted by Crippen LogP contribution is 2.24. The molecule has 3 rings (SSSR count). The third-order valence-corrected chi connectivity index (χ3v) is 4.05. The van der Waals surface area contributed by atoms with Crippen LogP contribution < -0.4 is 5.32 Å². The third kappa shape index (κ3) is 4.80. The fourth-order valence-corrected chi connectivity index (χ4v) is 2.67. The molecule has 0 saturated heterocycles. The molecule has 2 heterocycles. The number of likely N-dealkylation sites (N-methyl/N-ethyl adjacent to an activating group) is 1. The van der Waals surface area contributed by atoms with Crippen molar-refractivity contribution in [3.63, 3.8) is 0 Å². The Balaban J connectivity index is 1.55. The summed E-state index contributed by atoms with van der Waals surface area (Å²) in [6, 6.07) is 13.5. The van der Waals surface area contributed by atoms with Gasteiger partial charge in [0, 0.05) is 16.1 Å². The van der Waals surface area contributed by atoms with Gasteiger partial charge in [0.05, 0.1) is 13.1 Å². The molecule has 7 heteroatoms. The average molecular weight is 404 g/mol. The first-order chi connectivity index (χ1) is 12.0. The Hall–Kier alpha value is -2.38. The van der Waals surface area contributed by atoms with Crippen LogP contribution in [0, 0.1) is 6.92 Å². The van der Waals surface area contributed by atoms with Gasteiger partial charge in [0.15, 0.2) is 5.82 Å². The van der Waals surface area contributed by atoms with Gasteiger partial charge < -0.3 is 14.3 Å². The molecular formula is C18H18BrN3O3. The number of nitrogens with one attached hydrogen (secondary N) is 1. The monoisotopic (exact) mass is 403 g/mol. The van der Waals surface area contributed by atoms with Gasteiger partial charge in [-0.15, -0.1) is 0 Å². The normalized spacial score (nSPS) is 11.0. The highest BCUT2D eigenvalue weighted by atomic mass is 79.9. The van der Waals surface area contributed by atoms with Crippen LogP contribution in [0.4, 0.5) is 5.82 Å². The number of amides is 1. The summed E-state index contributed by atoms with van der Waals surface area (Å²) >= 11 is 3.42. The Bertz CT molecular complexity index is 855. The highest BCUT2D eigenvalue weighted by molar-refractivity contribution is 9.10. The second-order valence-corrected chi connectivity index (χ2v) is 6.73. The number of aromatic nitrogens is 1. The topological polar surface area (TPSA) is 71.5 Å². The number of furan rings is 1. The van der Waals surface area contributed by atoms with Gasteiger partial charge in [-0.25, -0.2) is 0 Å². The number of rotatable bonds is 6. The van der Waals surface area contributed by atoms with Crippen LogP contribution in [-0.4, -0.2) is 29.6 Å². The summed E-state index contributed by atoms with van der Waals surface area (Å²) in [6.07, 6.45) is 0. The molecular weight excluding hydrogens is 386 g/mol. The number of carbonyl (C=O) groups is 1. The largest absolute Gasteiger partial charge is 0.460 e. The van der Waals surface area contributed by atoms with E-state index in [0.717, 1.165) is 21.6 Å². The highest BCUT2D eigenvalue weighted by Gasteiger charge is 2.12. The van der Waals surface area contributed by atoms with Crippen LogP contribution in [-0.2, 0) is 11.3 Å². The minimum atomic E-state index is -0.157. The molecule has 0 spiro atoms. The molecule has 1 aromatic carbocycles. The first-order valence-corrected chi connectivity index (χ1v) is 8.55. The van der Waals surface area contributed by atoms with Gasteiger partial charge in [-0.3, -0.25) is 9.69 Å². The molecule has 0 radical (unpaired) electrons. The summed E-state index contributed by atoms with van der Waals surface area (Å²) in [5, 5.41) is 6.44. The molecule has 0 fully saturated rings. The number of aryl methyl sites for hydroxylation is 1. The molecule has 3 aromatic rings. The number of hydrogen-bond donors (Lipinski definition) is 1. The summed E-state index contributed by atoms with van der Waals surface area (Å²) in [6.45, 7) is 2.52. The average Bonchev–Trinajstić information content (AvgIpc) is 3.17. The lowest BCUT2D eigenvalue weighted by atomic mass is 10.2. The number of benzene rings is 1. The molecule has 1 amide bonds. The van der Waals surface area contributed by atoms with Crippen LogP contribution in [0.5, 0.6) is 0 Å². The summed E-state index contributed by atoms with van der Waals surface area (Å²) in [4.78, 5) is 13.9. The second-order valence-electron chi connectivity index (χ2n) is 5.82. The zero-order valence-corrected chi connectivity index (χ0v) is 15.5. The van der Waals surface area contributed by atoms with E-state index in [1.807, 2.05) is 48.3 Å². The number of hydrogen-bond acceptors (Lipinski definition) is 5. The van der Waals surface area contributed by atoms with E-state index in [1.54, 1.807) is 13.0 Å². The van der Waals surface area contributed by atoms with E-state index in [4.69, 9.17) is 8.94 Å². The number of carbonyl (C=O) groups excluding carboxylic acids is 1. The number of halogens is 1. The molecule has 1 N–H and O–H groups in total. The van der Waals surface area contributed by atoms with Crippen molar-refractivity contribution in [2.75, 3.05) is 18.9 Å². The van der Waals surface area contributed by atoms with Gasteiger partial charge in [0.1, 0.15) is 17.3 Å². The summed E-state index contributed by atoms with van der Waals surface area (Å²) in [5.41, 5.74) is 1.01. The number of anilines is 1. The van der Waals surface area contributed by atoms with Crippen LogP contribution in [0.1, 0.15) is 11.5 Å².